The molecule has 0 amide bonds. The Morgan fingerprint density at radius 1 is 1.30 bits per heavy atom. The fraction of sp³-hybridized carbons (Fsp3) is 0.643. The highest BCUT2D eigenvalue weighted by atomic mass is 35.5. The standard InChI is InChI=1S/C14H23ClN4O/c1-14(2,20)10-16-13-9-11(8-12(15)17-13)19-6-4-18(3)5-7-19/h8-9,20H,4-7,10H2,1-3H3,(H,16,17). The van der Waals surface area contributed by atoms with Crippen molar-refractivity contribution >= 4 is 23.1 Å². The Balaban J connectivity index is 2.08. The fourth-order valence-electron chi connectivity index (χ4n) is 2.13. The van der Waals surface area contributed by atoms with E-state index in [1.165, 1.54) is 0 Å². The molecular weight excluding hydrogens is 276 g/mol. The van der Waals surface area contributed by atoms with Crippen LogP contribution in [0.5, 0.6) is 0 Å². The lowest BCUT2D eigenvalue weighted by Crippen LogP contribution is -2.44. The van der Waals surface area contributed by atoms with Gasteiger partial charge in [0.05, 0.1) is 5.60 Å². The predicted octanol–water partition coefficient (Wildman–Crippen LogP) is 1.67. The van der Waals surface area contributed by atoms with Crippen molar-refractivity contribution < 1.29 is 5.11 Å². The molecule has 20 heavy (non-hydrogen) atoms. The third kappa shape index (κ3) is 4.51. The molecule has 5 nitrogen and oxygen atoms in total. The van der Waals surface area contributed by atoms with Gasteiger partial charge in [-0.1, -0.05) is 11.6 Å². The Bertz CT molecular complexity index is 453. The van der Waals surface area contributed by atoms with Crippen LogP contribution in [-0.4, -0.2) is 60.4 Å². The van der Waals surface area contributed by atoms with Crippen molar-refractivity contribution in [3.05, 3.63) is 17.3 Å². The van der Waals surface area contributed by atoms with Gasteiger partial charge in [-0.05, 0) is 27.0 Å². The number of piperazine rings is 1. The van der Waals surface area contributed by atoms with E-state index in [1.807, 2.05) is 12.1 Å². The number of aliphatic hydroxyl groups is 1. The van der Waals surface area contributed by atoms with Crippen molar-refractivity contribution in [1.29, 1.82) is 0 Å². The second-order valence-corrected chi connectivity index (χ2v) is 6.38. The lowest BCUT2D eigenvalue weighted by molar-refractivity contribution is 0.0944. The number of anilines is 2. The molecule has 2 heterocycles. The summed E-state index contributed by atoms with van der Waals surface area (Å²) in [5, 5.41) is 13.4. The smallest absolute Gasteiger partial charge is 0.133 e. The third-order valence-corrected chi connectivity index (χ3v) is 3.54. The van der Waals surface area contributed by atoms with Gasteiger partial charge in [-0.2, -0.15) is 0 Å². The summed E-state index contributed by atoms with van der Waals surface area (Å²) in [6.45, 7) is 8.02. The molecule has 1 aromatic heterocycles. The van der Waals surface area contributed by atoms with E-state index in [0.717, 1.165) is 31.9 Å². The van der Waals surface area contributed by atoms with Crippen LogP contribution >= 0.6 is 11.6 Å². The average molecular weight is 299 g/mol. The first-order chi connectivity index (χ1) is 9.33. The van der Waals surface area contributed by atoms with Gasteiger partial charge in [0.2, 0.25) is 0 Å². The second kappa shape index (κ2) is 6.16. The van der Waals surface area contributed by atoms with E-state index in [-0.39, 0.29) is 0 Å². The highest BCUT2D eigenvalue weighted by Gasteiger charge is 2.17. The molecule has 0 radical (unpaired) electrons. The maximum atomic E-state index is 9.76. The maximum absolute atomic E-state index is 9.76. The summed E-state index contributed by atoms with van der Waals surface area (Å²) in [4.78, 5) is 8.87. The summed E-state index contributed by atoms with van der Waals surface area (Å²) in [6.07, 6.45) is 0. The summed E-state index contributed by atoms with van der Waals surface area (Å²) in [7, 11) is 2.13. The monoisotopic (exact) mass is 298 g/mol. The fourth-order valence-corrected chi connectivity index (χ4v) is 2.33. The minimum atomic E-state index is -0.780. The molecule has 1 aromatic rings. The molecule has 0 aliphatic carbocycles. The van der Waals surface area contributed by atoms with Gasteiger partial charge >= 0.3 is 0 Å². The van der Waals surface area contributed by atoms with E-state index in [0.29, 0.717) is 17.5 Å². The molecule has 0 unspecified atom stereocenters. The molecule has 1 aliphatic heterocycles. The van der Waals surface area contributed by atoms with Gasteiger partial charge in [0.15, 0.2) is 0 Å². The first-order valence-electron chi connectivity index (χ1n) is 6.91. The van der Waals surface area contributed by atoms with Crippen LogP contribution < -0.4 is 10.2 Å². The zero-order chi connectivity index (χ0) is 14.8. The lowest BCUT2D eigenvalue weighted by atomic mass is 10.1. The Morgan fingerprint density at radius 3 is 2.55 bits per heavy atom. The van der Waals surface area contributed by atoms with Crippen molar-refractivity contribution in [3.8, 4) is 0 Å². The number of hydrogen-bond acceptors (Lipinski definition) is 5. The van der Waals surface area contributed by atoms with Gasteiger partial charge in [-0.25, -0.2) is 4.98 Å². The van der Waals surface area contributed by atoms with Gasteiger partial charge in [-0.3, -0.25) is 0 Å². The number of aromatic nitrogens is 1. The van der Waals surface area contributed by atoms with Crippen LogP contribution in [0.15, 0.2) is 12.1 Å². The molecule has 0 aromatic carbocycles. The van der Waals surface area contributed by atoms with Crippen LogP contribution in [-0.2, 0) is 0 Å². The Labute approximate surface area is 125 Å². The highest BCUT2D eigenvalue weighted by Crippen LogP contribution is 2.23. The minimum absolute atomic E-state index is 0.433. The molecule has 2 N–H and O–H groups in total. The Hall–Kier alpha value is -1.04. The van der Waals surface area contributed by atoms with Crippen LogP contribution in [0.1, 0.15) is 13.8 Å². The number of rotatable bonds is 4. The van der Waals surface area contributed by atoms with Crippen LogP contribution in [0, 0.1) is 0 Å². The van der Waals surface area contributed by atoms with Gasteiger partial charge in [0.1, 0.15) is 11.0 Å². The van der Waals surface area contributed by atoms with Crippen LogP contribution in [0.25, 0.3) is 0 Å². The summed E-state index contributed by atoms with van der Waals surface area (Å²) in [5.74, 6) is 0.702. The van der Waals surface area contributed by atoms with Crippen molar-refractivity contribution in [2.75, 3.05) is 50.0 Å². The summed E-state index contributed by atoms with van der Waals surface area (Å²) < 4.78 is 0. The number of halogens is 1. The molecule has 1 saturated heterocycles. The Morgan fingerprint density at radius 2 is 1.95 bits per heavy atom. The second-order valence-electron chi connectivity index (χ2n) is 5.99. The SMILES string of the molecule is CN1CCN(c2cc(Cl)nc(NCC(C)(C)O)c2)CC1. The first-order valence-corrected chi connectivity index (χ1v) is 7.29. The minimum Gasteiger partial charge on any atom is -0.389 e. The zero-order valence-corrected chi connectivity index (χ0v) is 13.1. The molecular formula is C14H23ClN4O. The number of nitrogens with one attached hydrogen (secondary N) is 1. The van der Waals surface area contributed by atoms with Gasteiger partial charge < -0.3 is 20.2 Å². The summed E-state index contributed by atoms with van der Waals surface area (Å²) >= 11 is 6.10. The van der Waals surface area contributed by atoms with Crippen molar-refractivity contribution in [2.45, 2.75) is 19.4 Å². The van der Waals surface area contributed by atoms with E-state index < -0.39 is 5.60 Å². The number of pyridine rings is 1. The molecule has 6 heteroatoms. The molecule has 0 atom stereocenters. The summed E-state index contributed by atoms with van der Waals surface area (Å²) in [6, 6.07) is 3.88. The topological polar surface area (TPSA) is 51.6 Å². The van der Waals surface area contributed by atoms with E-state index in [2.05, 4.69) is 27.1 Å². The number of nitrogens with zero attached hydrogens (tertiary/aromatic N) is 3. The van der Waals surface area contributed by atoms with Gasteiger partial charge in [-0.15, -0.1) is 0 Å². The van der Waals surface area contributed by atoms with Crippen LogP contribution in [0.2, 0.25) is 5.15 Å². The third-order valence-electron chi connectivity index (χ3n) is 3.35. The average Bonchev–Trinajstić information content (AvgIpc) is 2.36. The van der Waals surface area contributed by atoms with Crippen LogP contribution in [0.4, 0.5) is 11.5 Å². The van der Waals surface area contributed by atoms with Crippen molar-refractivity contribution in [2.24, 2.45) is 0 Å². The van der Waals surface area contributed by atoms with Gasteiger partial charge in [0, 0.05) is 44.5 Å². The molecule has 1 aliphatic rings. The molecule has 112 valence electrons. The zero-order valence-electron chi connectivity index (χ0n) is 12.4. The van der Waals surface area contributed by atoms with E-state index in [9.17, 15) is 5.11 Å². The summed E-state index contributed by atoms with van der Waals surface area (Å²) in [5.41, 5.74) is 0.300. The first kappa shape index (κ1) is 15.4. The van der Waals surface area contributed by atoms with Crippen LogP contribution in [0.3, 0.4) is 0 Å². The number of hydrogen-bond donors (Lipinski definition) is 2. The quantitative estimate of drug-likeness (QED) is 0.828. The van der Waals surface area contributed by atoms with Crippen molar-refractivity contribution in [1.82, 2.24) is 9.88 Å². The molecule has 1 fully saturated rings. The Kier molecular flexibility index (Phi) is 4.73. The largest absolute Gasteiger partial charge is 0.389 e. The van der Waals surface area contributed by atoms with E-state index in [1.54, 1.807) is 13.8 Å². The predicted molar refractivity (Wildman–Crippen MR) is 83.7 cm³/mol. The molecule has 0 spiro atoms. The van der Waals surface area contributed by atoms with Gasteiger partial charge in [0.25, 0.3) is 0 Å². The molecule has 0 saturated carbocycles. The molecule has 2 rings (SSSR count). The normalized spacial score (nSPS) is 17.4. The lowest BCUT2D eigenvalue weighted by Gasteiger charge is -2.34. The maximum Gasteiger partial charge on any atom is 0.133 e. The van der Waals surface area contributed by atoms with E-state index in [4.69, 9.17) is 11.6 Å². The van der Waals surface area contributed by atoms with E-state index >= 15 is 0 Å². The van der Waals surface area contributed by atoms with Crippen molar-refractivity contribution in [3.63, 3.8) is 0 Å². The highest BCUT2D eigenvalue weighted by molar-refractivity contribution is 6.29. The molecule has 0 bridgehead atoms. The number of likely N-dealkylation sites (N-methyl/N-ethyl adjacent to an activating group) is 1.